The summed E-state index contributed by atoms with van der Waals surface area (Å²) in [7, 11) is 0. The van der Waals surface area contributed by atoms with Gasteiger partial charge in [-0.2, -0.15) is 0 Å². The second-order valence-electron chi connectivity index (χ2n) is 6.98. The molecule has 1 fully saturated rings. The Hall–Kier alpha value is -2.38. The van der Waals surface area contributed by atoms with Gasteiger partial charge in [-0.25, -0.2) is 4.98 Å². The molecule has 1 saturated heterocycles. The molecule has 0 aromatic carbocycles. The lowest BCUT2D eigenvalue weighted by molar-refractivity contribution is -0.0805. The quantitative estimate of drug-likeness (QED) is 0.695. The SMILES string of the molecule is Cc1ccc(C(=O)N2CC[C@@]3(C2)Cn2c(-c4ccco4)cnc2CO3)s1. The van der Waals surface area contributed by atoms with Crippen LogP contribution in [0.3, 0.4) is 0 Å². The molecule has 1 amide bonds. The largest absolute Gasteiger partial charge is 0.463 e. The number of hydrogen-bond donors (Lipinski definition) is 0. The van der Waals surface area contributed by atoms with Crippen LogP contribution in [0.2, 0.25) is 0 Å². The van der Waals surface area contributed by atoms with E-state index in [-0.39, 0.29) is 11.5 Å². The molecule has 134 valence electrons. The maximum absolute atomic E-state index is 12.8. The number of thiophene rings is 1. The fraction of sp³-hybridized carbons (Fsp3) is 0.368. The Kier molecular flexibility index (Phi) is 3.55. The number of fused-ring (bicyclic) bond motifs is 1. The number of aromatic nitrogens is 2. The van der Waals surface area contributed by atoms with Crippen LogP contribution in [0.1, 0.15) is 26.8 Å². The first-order chi connectivity index (χ1) is 12.6. The van der Waals surface area contributed by atoms with Crippen molar-refractivity contribution < 1.29 is 13.9 Å². The number of carbonyl (C=O) groups excluding carboxylic acids is 1. The third-order valence-electron chi connectivity index (χ3n) is 5.22. The van der Waals surface area contributed by atoms with E-state index in [0.29, 0.717) is 19.7 Å². The van der Waals surface area contributed by atoms with Gasteiger partial charge in [-0.15, -0.1) is 11.3 Å². The number of aryl methyl sites for hydroxylation is 1. The molecule has 5 rings (SSSR count). The number of amides is 1. The highest BCUT2D eigenvalue weighted by atomic mass is 32.1. The Balaban J connectivity index is 1.39. The second-order valence-corrected chi connectivity index (χ2v) is 8.27. The van der Waals surface area contributed by atoms with Crippen molar-refractivity contribution in [3.05, 3.63) is 52.3 Å². The summed E-state index contributed by atoms with van der Waals surface area (Å²) in [5, 5.41) is 0. The third kappa shape index (κ3) is 2.50. The fourth-order valence-electron chi connectivity index (χ4n) is 3.85. The molecule has 1 spiro atoms. The number of imidazole rings is 1. The van der Waals surface area contributed by atoms with Crippen LogP contribution < -0.4 is 0 Å². The van der Waals surface area contributed by atoms with Crippen molar-refractivity contribution >= 4 is 17.2 Å². The number of furan rings is 1. The number of hydrogen-bond acceptors (Lipinski definition) is 5. The summed E-state index contributed by atoms with van der Waals surface area (Å²) in [6, 6.07) is 7.73. The molecule has 2 aliphatic rings. The molecule has 0 bridgehead atoms. The smallest absolute Gasteiger partial charge is 0.264 e. The van der Waals surface area contributed by atoms with Gasteiger partial charge in [-0.05, 0) is 37.6 Å². The number of likely N-dealkylation sites (tertiary alicyclic amines) is 1. The minimum Gasteiger partial charge on any atom is -0.463 e. The predicted molar refractivity (Wildman–Crippen MR) is 97.0 cm³/mol. The minimum atomic E-state index is -0.350. The molecule has 6 nitrogen and oxygen atoms in total. The molecule has 1 atom stereocenters. The summed E-state index contributed by atoms with van der Waals surface area (Å²) < 4.78 is 13.9. The van der Waals surface area contributed by atoms with Gasteiger partial charge in [-0.3, -0.25) is 4.79 Å². The summed E-state index contributed by atoms with van der Waals surface area (Å²) in [5.74, 6) is 1.81. The van der Waals surface area contributed by atoms with Crippen molar-refractivity contribution in [3.8, 4) is 11.5 Å². The Morgan fingerprint density at radius 2 is 2.23 bits per heavy atom. The van der Waals surface area contributed by atoms with Crippen LogP contribution in [-0.4, -0.2) is 39.0 Å². The van der Waals surface area contributed by atoms with E-state index in [1.807, 2.05) is 42.3 Å². The lowest BCUT2D eigenvalue weighted by Crippen LogP contribution is -2.45. The van der Waals surface area contributed by atoms with E-state index in [2.05, 4.69) is 9.55 Å². The number of carbonyl (C=O) groups is 1. The molecule has 0 saturated carbocycles. The average molecular weight is 369 g/mol. The summed E-state index contributed by atoms with van der Waals surface area (Å²) in [5.41, 5.74) is 0.614. The summed E-state index contributed by atoms with van der Waals surface area (Å²) in [6.45, 7) is 4.49. The third-order valence-corrected chi connectivity index (χ3v) is 6.21. The van der Waals surface area contributed by atoms with Crippen LogP contribution in [0.25, 0.3) is 11.5 Å². The van der Waals surface area contributed by atoms with Gasteiger partial charge in [-0.1, -0.05) is 0 Å². The van der Waals surface area contributed by atoms with Crippen molar-refractivity contribution in [1.29, 1.82) is 0 Å². The number of rotatable bonds is 2. The Morgan fingerprint density at radius 3 is 3.00 bits per heavy atom. The normalized spacial score (nSPS) is 22.1. The molecule has 2 aliphatic heterocycles. The average Bonchev–Trinajstić information content (AvgIpc) is 3.41. The molecular formula is C19H19N3O3S. The van der Waals surface area contributed by atoms with Crippen LogP contribution in [0.5, 0.6) is 0 Å². The Bertz CT molecular complexity index is 959. The molecule has 3 aromatic rings. The van der Waals surface area contributed by atoms with Gasteiger partial charge in [0.25, 0.3) is 5.91 Å². The number of nitrogens with zero attached hydrogens (tertiary/aromatic N) is 3. The molecule has 3 aromatic heterocycles. The first-order valence-corrected chi connectivity index (χ1v) is 9.53. The van der Waals surface area contributed by atoms with E-state index in [4.69, 9.17) is 9.15 Å². The maximum atomic E-state index is 12.8. The molecule has 0 radical (unpaired) electrons. The minimum absolute atomic E-state index is 0.103. The van der Waals surface area contributed by atoms with Crippen LogP contribution in [-0.2, 0) is 17.9 Å². The van der Waals surface area contributed by atoms with Gasteiger partial charge < -0.3 is 18.6 Å². The van der Waals surface area contributed by atoms with Crippen LogP contribution >= 0.6 is 11.3 Å². The molecule has 0 N–H and O–H groups in total. The van der Waals surface area contributed by atoms with Crippen LogP contribution in [0.15, 0.2) is 41.1 Å². The van der Waals surface area contributed by atoms with Gasteiger partial charge in [0.05, 0.1) is 30.4 Å². The first-order valence-electron chi connectivity index (χ1n) is 8.72. The molecule has 26 heavy (non-hydrogen) atoms. The Morgan fingerprint density at radius 1 is 1.31 bits per heavy atom. The predicted octanol–water partition coefficient (Wildman–Crippen LogP) is 3.33. The lowest BCUT2D eigenvalue weighted by Gasteiger charge is -2.35. The molecule has 0 aliphatic carbocycles. The second kappa shape index (κ2) is 5.82. The van der Waals surface area contributed by atoms with E-state index < -0.39 is 0 Å². The highest BCUT2D eigenvalue weighted by Crippen LogP contribution is 2.36. The summed E-state index contributed by atoms with van der Waals surface area (Å²) >= 11 is 1.55. The fourth-order valence-corrected chi connectivity index (χ4v) is 4.68. The van der Waals surface area contributed by atoms with Gasteiger partial charge in [0.2, 0.25) is 0 Å². The van der Waals surface area contributed by atoms with Crippen molar-refractivity contribution in [2.24, 2.45) is 0 Å². The standard InChI is InChI=1S/C19H19N3O3S/c1-13-4-5-16(26-13)18(23)21-7-6-19(11-21)12-22-14(15-3-2-8-24-15)9-20-17(22)10-25-19/h2-5,8-9H,6-7,10-12H2,1H3/t19-/m1/s1. The highest BCUT2D eigenvalue weighted by molar-refractivity contribution is 7.13. The molecule has 0 unspecified atom stereocenters. The molecule has 7 heteroatoms. The molecule has 5 heterocycles. The van der Waals surface area contributed by atoms with Gasteiger partial charge >= 0.3 is 0 Å². The van der Waals surface area contributed by atoms with Crippen molar-refractivity contribution in [3.63, 3.8) is 0 Å². The van der Waals surface area contributed by atoms with E-state index in [1.54, 1.807) is 17.6 Å². The zero-order valence-corrected chi connectivity index (χ0v) is 15.3. The van der Waals surface area contributed by atoms with Gasteiger partial charge in [0.1, 0.15) is 23.7 Å². The Labute approximate surface area is 155 Å². The van der Waals surface area contributed by atoms with Gasteiger partial charge in [0.15, 0.2) is 5.76 Å². The summed E-state index contributed by atoms with van der Waals surface area (Å²) in [4.78, 5) is 21.1. The lowest BCUT2D eigenvalue weighted by atomic mass is 10.0. The topological polar surface area (TPSA) is 60.5 Å². The number of ether oxygens (including phenoxy) is 1. The first kappa shape index (κ1) is 15.8. The highest BCUT2D eigenvalue weighted by Gasteiger charge is 2.45. The monoisotopic (exact) mass is 369 g/mol. The van der Waals surface area contributed by atoms with E-state index in [0.717, 1.165) is 40.0 Å². The van der Waals surface area contributed by atoms with E-state index in [1.165, 1.54) is 0 Å². The zero-order chi connectivity index (χ0) is 17.7. The van der Waals surface area contributed by atoms with E-state index in [9.17, 15) is 4.79 Å². The van der Waals surface area contributed by atoms with Crippen LogP contribution in [0, 0.1) is 6.92 Å². The maximum Gasteiger partial charge on any atom is 0.264 e. The summed E-state index contributed by atoms with van der Waals surface area (Å²) in [6.07, 6.45) is 4.34. The van der Waals surface area contributed by atoms with Crippen molar-refractivity contribution in [2.75, 3.05) is 13.1 Å². The van der Waals surface area contributed by atoms with Crippen LogP contribution in [0.4, 0.5) is 0 Å². The van der Waals surface area contributed by atoms with Crippen molar-refractivity contribution in [2.45, 2.75) is 32.1 Å². The van der Waals surface area contributed by atoms with Gasteiger partial charge in [0, 0.05) is 11.4 Å². The van der Waals surface area contributed by atoms with Crippen molar-refractivity contribution in [1.82, 2.24) is 14.5 Å². The van der Waals surface area contributed by atoms with E-state index >= 15 is 0 Å². The zero-order valence-electron chi connectivity index (χ0n) is 14.5. The molecular weight excluding hydrogens is 350 g/mol.